The fraction of sp³-hybridized carbons (Fsp3) is 0.400. The number of pyridine rings is 1. The van der Waals surface area contributed by atoms with Crippen LogP contribution in [-0.2, 0) is 16.6 Å². The molecule has 2 rings (SSSR count). The number of esters is 1. The second-order valence-electron chi connectivity index (χ2n) is 5.26. The van der Waals surface area contributed by atoms with E-state index < -0.39 is 17.4 Å². The fourth-order valence-corrected chi connectivity index (χ4v) is 2.60. The van der Waals surface area contributed by atoms with Crippen LogP contribution in [0.2, 0.25) is 0 Å². The van der Waals surface area contributed by atoms with Crippen LogP contribution < -0.4 is 5.56 Å². The Morgan fingerprint density at radius 1 is 1.50 bits per heavy atom. The Morgan fingerprint density at radius 2 is 2.18 bits per heavy atom. The number of rotatable bonds is 4. The summed E-state index contributed by atoms with van der Waals surface area (Å²) >= 11 is 0. The summed E-state index contributed by atoms with van der Waals surface area (Å²) in [4.78, 5) is 26.7. The van der Waals surface area contributed by atoms with Crippen molar-refractivity contribution in [2.75, 3.05) is 7.11 Å². The number of hydrogen-bond acceptors (Lipinski definition) is 5. The van der Waals surface area contributed by atoms with Gasteiger partial charge in [0.05, 0.1) is 24.8 Å². The van der Waals surface area contributed by atoms with Crippen molar-refractivity contribution in [3.8, 4) is 5.75 Å². The SMILES string of the molecule is COC(=O)CC(c1cn(C)nc1C)c1c(O)cc(C)[nH]c1=O. The van der Waals surface area contributed by atoms with Gasteiger partial charge in [-0.2, -0.15) is 5.10 Å². The van der Waals surface area contributed by atoms with E-state index in [1.165, 1.54) is 13.2 Å². The molecule has 0 spiro atoms. The standard InChI is InChI=1S/C15H19N3O4/c1-8-5-12(19)14(15(21)16-8)10(6-13(20)22-4)11-7-18(3)17-9(11)2/h5,7,10H,6H2,1-4H3,(H2,16,19,21). The Labute approximate surface area is 127 Å². The molecule has 0 saturated carbocycles. The molecule has 7 nitrogen and oxygen atoms in total. The van der Waals surface area contributed by atoms with E-state index in [1.54, 1.807) is 31.8 Å². The van der Waals surface area contributed by atoms with Crippen LogP contribution in [0.25, 0.3) is 0 Å². The van der Waals surface area contributed by atoms with Crippen LogP contribution in [0.5, 0.6) is 5.75 Å². The highest BCUT2D eigenvalue weighted by Crippen LogP contribution is 2.33. The predicted molar refractivity (Wildman–Crippen MR) is 79.9 cm³/mol. The number of aryl methyl sites for hydroxylation is 3. The third-order valence-electron chi connectivity index (χ3n) is 3.56. The summed E-state index contributed by atoms with van der Waals surface area (Å²) in [5, 5.41) is 14.4. The van der Waals surface area contributed by atoms with Crippen LogP contribution in [-0.4, -0.2) is 33.0 Å². The molecule has 0 aliphatic heterocycles. The van der Waals surface area contributed by atoms with Crippen molar-refractivity contribution in [2.24, 2.45) is 7.05 Å². The highest BCUT2D eigenvalue weighted by molar-refractivity contribution is 5.71. The molecular formula is C15H19N3O4. The maximum atomic E-state index is 12.3. The van der Waals surface area contributed by atoms with Gasteiger partial charge in [0.2, 0.25) is 0 Å². The van der Waals surface area contributed by atoms with Crippen molar-refractivity contribution >= 4 is 5.97 Å². The van der Waals surface area contributed by atoms with Crippen molar-refractivity contribution in [2.45, 2.75) is 26.2 Å². The number of methoxy groups -OCH3 is 1. The topological polar surface area (TPSA) is 97.2 Å². The van der Waals surface area contributed by atoms with E-state index in [0.29, 0.717) is 17.0 Å². The first-order valence-electron chi connectivity index (χ1n) is 6.83. The highest BCUT2D eigenvalue weighted by atomic mass is 16.5. The van der Waals surface area contributed by atoms with Crippen LogP contribution in [0.1, 0.15) is 34.9 Å². The van der Waals surface area contributed by atoms with Crippen LogP contribution in [0.15, 0.2) is 17.1 Å². The second-order valence-corrected chi connectivity index (χ2v) is 5.26. The van der Waals surface area contributed by atoms with Crippen LogP contribution in [0.3, 0.4) is 0 Å². The number of nitrogens with zero attached hydrogens (tertiary/aromatic N) is 2. The number of hydrogen-bond donors (Lipinski definition) is 2. The molecule has 2 N–H and O–H groups in total. The molecule has 0 aliphatic carbocycles. The number of H-pyrrole nitrogens is 1. The summed E-state index contributed by atoms with van der Waals surface area (Å²) in [6.07, 6.45) is 1.68. The average molecular weight is 305 g/mol. The zero-order valence-corrected chi connectivity index (χ0v) is 13.0. The Kier molecular flexibility index (Phi) is 4.35. The Balaban J connectivity index is 2.62. The number of ether oxygens (including phenoxy) is 1. The third kappa shape index (κ3) is 3.03. The highest BCUT2D eigenvalue weighted by Gasteiger charge is 2.27. The van der Waals surface area contributed by atoms with Gasteiger partial charge < -0.3 is 14.8 Å². The lowest BCUT2D eigenvalue weighted by molar-refractivity contribution is -0.140. The normalized spacial score (nSPS) is 12.2. The van der Waals surface area contributed by atoms with E-state index in [4.69, 9.17) is 4.74 Å². The quantitative estimate of drug-likeness (QED) is 0.825. The smallest absolute Gasteiger partial charge is 0.306 e. The number of carbonyl (C=O) groups is 1. The molecule has 0 amide bonds. The molecule has 0 fully saturated rings. The summed E-state index contributed by atoms with van der Waals surface area (Å²) in [6, 6.07) is 1.46. The van der Waals surface area contributed by atoms with Crippen molar-refractivity contribution in [3.63, 3.8) is 0 Å². The lowest BCUT2D eigenvalue weighted by atomic mass is 9.89. The molecule has 0 aliphatic rings. The van der Waals surface area contributed by atoms with Gasteiger partial charge in [-0.25, -0.2) is 0 Å². The number of aromatic amines is 1. The van der Waals surface area contributed by atoms with E-state index in [-0.39, 0.29) is 17.7 Å². The molecule has 0 bridgehead atoms. The minimum Gasteiger partial charge on any atom is -0.507 e. The Bertz CT molecular complexity index is 761. The molecule has 0 aromatic carbocycles. The van der Waals surface area contributed by atoms with E-state index in [2.05, 4.69) is 10.1 Å². The maximum absolute atomic E-state index is 12.3. The van der Waals surface area contributed by atoms with Gasteiger partial charge in [0.1, 0.15) is 5.75 Å². The maximum Gasteiger partial charge on any atom is 0.306 e. The van der Waals surface area contributed by atoms with Gasteiger partial charge in [0.25, 0.3) is 5.56 Å². The van der Waals surface area contributed by atoms with E-state index in [9.17, 15) is 14.7 Å². The van der Waals surface area contributed by atoms with Gasteiger partial charge in [0.15, 0.2) is 0 Å². The van der Waals surface area contributed by atoms with Crippen molar-refractivity contribution < 1.29 is 14.6 Å². The molecule has 0 radical (unpaired) electrons. The van der Waals surface area contributed by atoms with Gasteiger partial charge in [-0.15, -0.1) is 0 Å². The van der Waals surface area contributed by atoms with Crippen LogP contribution >= 0.6 is 0 Å². The first-order chi connectivity index (χ1) is 10.3. The summed E-state index contributed by atoms with van der Waals surface area (Å²) in [5.41, 5.74) is 1.67. The van der Waals surface area contributed by atoms with Gasteiger partial charge in [0, 0.05) is 30.4 Å². The fourth-order valence-electron chi connectivity index (χ4n) is 2.60. The first kappa shape index (κ1) is 15.8. The van der Waals surface area contributed by atoms with Gasteiger partial charge >= 0.3 is 5.97 Å². The molecule has 0 saturated heterocycles. The van der Waals surface area contributed by atoms with Gasteiger partial charge in [-0.05, 0) is 19.9 Å². The molecule has 2 heterocycles. The lowest BCUT2D eigenvalue weighted by Crippen LogP contribution is -2.21. The summed E-state index contributed by atoms with van der Waals surface area (Å²) in [6.45, 7) is 3.47. The molecule has 1 unspecified atom stereocenters. The predicted octanol–water partition coefficient (Wildman–Crippen LogP) is 1.13. The van der Waals surface area contributed by atoms with Crippen LogP contribution in [0.4, 0.5) is 0 Å². The average Bonchev–Trinajstić information content (AvgIpc) is 2.75. The molecule has 7 heteroatoms. The summed E-state index contributed by atoms with van der Waals surface area (Å²) < 4.78 is 6.32. The molecule has 22 heavy (non-hydrogen) atoms. The monoisotopic (exact) mass is 305 g/mol. The first-order valence-corrected chi connectivity index (χ1v) is 6.83. The van der Waals surface area contributed by atoms with Gasteiger partial charge in [-0.3, -0.25) is 14.3 Å². The number of aromatic hydroxyl groups is 1. The largest absolute Gasteiger partial charge is 0.507 e. The van der Waals surface area contributed by atoms with Gasteiger partial charge in [-0.1, -0.05) is 0 Å². The minimum atomic E-state index is -0.620. The number of carbonyl (C=O) groups excluding carboxylic acids is 1. The Hall–Kier alpha value is -2.57. The molecule has 118 valence electrons. The van der Waals surface area contributed by atoms with E-state index >= 15 is 0 Å². The van der Waals surface area contributed by atoms with Crippen molar-refractivity contribution in [1.82, 2.24) is 14.8 Å². The number of nitrogens with one attached hydrogen (secondary N) is 1. The van der Waals surface area contributed by atoms with E-state index in [0.717, 1.165) is 0 Å². The molecule has 2 aromatic heterocycles. The molecule has 2 aromatic rings. The molecule has 1 atom stereocenters. The van der Waals surface area contributed by atoms with Crippen LogP contribution in [0, 0.1) is 13.8 Å². The zero-order chi connectivity index (χ0) is 16.4. The Morgan fingerprint density at radius 3 is 2.68 bits per heavy atom. The van der Waals surface area contributed by atoms with Crippen molar-refractivity contribution in [3.05, 3.63) is 45.1 Å². The third-order valence-corrected chi connectivity index (χ3v) is 3.56. The minimum absolute atomic E-state index is 0.0528. The lowest BCUT2D eigenvalue weighted by Gasteiger charge is -2.16. The van der Waals surface area contributed by atoms with Crippen molar-refractivity contribution in [1.29, 1.82) is 0 Å². The summed E-state index contributed by atoms with van der Waals surface area (Å²) in [7, 11) is 3.04. The zero-order valence-electron chi connectivity index (χ0n) is 13.0. The molecular weight excluding hydrogens is 286 g/mol. The number of aromatic nitrogens is 3. The second kappa shape index (κ2) is 6.05. The van der Waals surface area contributed by atoms with E-state index in [1.807, 2.05) is 0 Å². The summed E-state index contributed by atoms with van der Waals surface area (Å²) in [5.74, 6) is -1.23.